The van der Waals surface area contributed by atoms with E-state index in [1.165, 1.54) is 12.8 Å². The molecule has 0 spiro atoms. The molecule has 18 heavy (non-hydrogen) atoms. The number of hydrazine groups is 1. The first kappa shape index (κ1) is 13.1. The summed E-state index contributed by atoms with van der Waals surface area (Å²) in [5.74, 6) is 8.64. The van der Waals surface area contributed by atoms with Gasteiger partial charge in [-0.05, 0) is 32.6 Å². The highest BCUT2D eigenvalue weighted by Crippen LogP contribution is 2.39. The van der Waals surface area contributed by atoms with E-state index in [9.17, 15) is 0 Å². The number of hydrogen-bond donors (Lipinski definition) is 3. The van der Waals surface area contributed by atoms with Gasteiger partial charge in [-0.3, -0.25) is 0 Å². The smallest absolute Gasteiger partial charge is 0.148 e. The minimum absolute atomic E-state index is 0.455. The Kier molecular flexibility index (Phi) is 4.01. The van der Waals surface area contributed by atoms with Gasteiger partial charge in [-0.2, -0.15) is 0 Å². The van der Waals surface area contributed by atoms with Crippen LogP contribution in [0, 0.1) is 6.92 Å². The molecule has 5 nitrogen and oxygen atoms in total. The maximum absolute atomic E-state index is 5.54. The fourth-order valence-electron chi connectivity index (χ4n) is 2.03. The van der Waals surface area contributed by atoms with E-state index in [0.29, 0.717) is 12.0 Å². The molecule has 1 aliphatic carbocycles. The molecule has 1 aliphatic rings. The first-order valence-corrected chi connectivity index (χ1v) is 6.81. The summed E-state index contributed by atoms with van der Waals surface area (Å²) >= 11 is 0. The summed E-state index contributed by atoms with van der Waals surface area (Å²) in [6, 6.07) is 0.455. The first-order chi connectivity index (χ1) is 8.69. The number of nitrogens with two attached hydrogens (primary N) is 1. The van der Waals surface area contributed by atoms with Crippen LogP contribution in [-0.4, -0.2) is 16.0 Å². The molecular weight excluding hydrogens is 226 g/mol. The molecular formula is C13H23N5. The molecule has 0 atom stereocenters. The Bertz CT molecular complexity index is 410. The lowest BCUT2D eigenvalue weighted by Crippen LogP contribution is -2.21. The predicted molar refractivity (Wildman–Crippen MR) is 74.5 cm³/mol. The van der Waals surface area contributed by atoms with Crippen LogP contribution in [0.25, 0.3) is 0 Å². The molecule has 0 aliphatic heterocycles. The first-order valence-electron chi connectivity index (χ1n) is 6.81. The molecule has 0 aromatic carbocycles. The molecule has 4 N–H and O–H groups in total. The third-order valence-electron chi connectivity index (χ3n) is 3.57. The van der Waals surface area contributed by atoms with Crippen molar-refractivity contribution in [2.45, 2.75) is 58.4 Å². The van der Waals surface area contributed by atoms with E-state index in [-0.39, 0.29) is 0 Å². The largest absolute Gasteiger partial charge is 0.367 e. The van der Waals surface area contributed by atoms with E-state index in [4.69, 9.17) is 5.84 Å². The van der Waals surface area contributed by atoms with Crippen LogP contribution in [0.1, 0.15) is 56.8 Å². The highest BCUT2D eigenvalue weighted by molar-refractivity contribution is 5.57. The van der Waals surface area contributed by atoms with Crippen LogP contribution in [0.3, 0.4) is 0 Å². The summed E-state index contributed by atoms with van der Waals surface area (Å²) in [5.41, 5.74) is 3.67. The molecule has 1 aromatic rings. The van der Waals surface area contributed by atoms with Gasteiger partial charge in [0.1, 0.15) is 17.5 Å². The van der Waals surface area contributed by atoms with Crippen molar-refractivity contribution in [3.63, 3.8) is 0 Å². The summed E-state index contributed by atoms with van der Waals surface area (Å²) < 4.78 is 0. The van der Waals surface area contributed by atoms with Crippen molar-refractivity contribution in [2.75, 3.05) is 10.7 Å². The molecule has 0 saturated heterocycles. The van der Waals surface area contributed by atoms with Gasteiger partial charge in [-0.1, -0.05) is 13.8 Å². The summed E-state index contributed by atoms with van der Waals surface area (Å²) in [6.45, 7) is 6.36. The molecule has 1 fully saturated rings. The summed E-state index contributed by atoms with van der Waals surface area (Å²) in [4.78, 5) is 9.15. The third-order valence-corrected chi connectivity index (χ3v) is 3.57. The van der Waals surface area contributed by atoms with Crippen LogP contribution in [0.4, 0.5) is 11.6 Å². The Labute approximate surface area is 109 Å². The number of hydrogen-bond acceptors (Lipinski definition) is 5. The average Bonchev–Trinajstić information content (AvgIpc) is 3.22. The zero-order chi connectivity index (χ0) is 13.1. The lowest BCUT2D eigenvalue weighted by Gasteiger charge is -2.19. The van der Waals surface area contributed by atoms with Gasteiger partial charge in [0.15, 0.2) is 0 Å². The number of nitrogen functional groups attached to an aromatic ring is 1. The van der Waals surface area contributed by atoms with Gasteiger partial charge in [0.2, 0.25) is 0 Å². The van der Waals surface area contributed by atoms with Gasteiger partial charge >= 0.3 is 0 Å². The van der Waals surface area contributed by atoms with E-state index >= 15 is 0 Å². The Morgan fingerprint density at radius 1 is 1.22 bits per heavy atom. The molecule has 0 bridgehead atoms. The van der Waals surface area contributed by atoms with Gasteiger partial charge in [0.05, 0.1) is 0 Å². The molecule has 1 aromatic heterocycles. The number of nitrogens with one attached hydrogen (secondary N) is 2. The van der Waals surface area contributed by atoms with Crippen molar-refractivity contribution in [3.8, 4) is 0 Å². The van der Waals surface area contributed by atoms with Crippen LogP contribution in [0.5, 0.6) is 0 Å². The number of rotatable bonds is 6. The summed E-state index contributed by atoms with van der Waals surface area (Å²) in [6.07, 6.45) is 4.56. The second kappa shape index (κ2) is 5.52. The van der Waals surface area contributed by atoms with Crippen LogP contribution < -0.4 is 16.6 Å². The predicted octanol–water partition coefficient (Wildman–Crippen LogP) is 2.55. The van der Waals surface area contributed by atoms with E-state index in [1.54, 1.807) is 0 Å². The van der Waals surface area contributed by atoms with Crippen molar-refractivity contribution in [2.24, 2.45) is 5.84 Å². The van der Waals surface area contributed by atoms with E-state index in [1.807, 2.05) is 6.92 Å². The molecule has 0 amide bonds. The van der Waals surface area contributed by atoms with Crippen LogP contribution >= 0.6 is 0 Å². The molecule has 0 unspecified atom stereocenters. The monoisotopic (exact) mass is 249 g/mol. The highest BCUT2D eigenvalue weighted by atomic mass is 15.3. The highest BCUT2D eigenvalue weighted by Gasteiger charge is 2.28. The Morgan fingerprint density at radius 2 is 1.83 bits per heavy atom. The third kappa shape index (κ3) is 2.72. The lowest BCUT2D eigenvalue weighted by atomic mass is 10.1. The summed E-state index contributed by atoms with van der Waals surface area (Å²) in [5, 5.41) is 3.50. The van der Waals surface area contributed by atoms with E-state index in [2.05, 4.69) is 34.6 Å². The average molecular weight is 249 g/mol. The Hall–Kier alpha value is -1.36. The van der Waals surface area contributed by atoms with Crippen molar-refractivity contribution in [3.05, 3.63) is 11.4 Å². The van der Waals surface area contributed by atoms with E-state index < -0.39 is 0 Å². The molecule has 1 heterocycles. The van der Waals surface area contributed by atoms with Gasteiger partial charge in [0.25, 0.3) is 0 Å². The molecule has 2 rings (SSSR count). The van der Waals surface area contributed by atoms with E-state index in [0.717, 1.165) is 35.9 Å². The van der Waals surface area contributed by atoms with Gasteiger partial charge in [0, 0.05) is 17.5 Å². The number of nitrogens with zero attached hydrogens (tertiary/aromatic N) is 2. The lowest BCUT2D eigenvalue weighted by molar-refractivity contribution is 0.666. The number of aromatic nitrogens is 2. The minimum atomic E-state index is 0.455. The van der Waals surface area contributed by atoms with Crippen molar-refractivity contribution < 1.29 is 0 Å². The normalized spacial score (nSPS) is 14.9. The maximum atomic E-state index is 5.54. The molecule has 1 saturated carbocycles. The number of anilines is 2. The van der Waals surface area contributed by atoms with Gasteiger partial charge in [-0.15, -0.1) is 0 Å². The quantitative estimate of drug-likeness (QED) is 0.533. The van der Waals surface area contributed by atoms with Crippen LogP contribution in [0.2, 0.25) is 0 Å². The minimum Gasteiger partial charge on any atom is -0.367 e. The zero-order valence-corrected chi connectivity index (χ0v) is 11.5. The molecule has 0 radical (unpaired) electrons. The molecule has 100 valence electrons. The van der Waals surface area contributed by atoms with Crippen molar-refractivity contribution in [1.29, 1.82) is 0 Å². The Balaban J connectivity index is 2.28. The van der Waals surface area contributed by atoms with Crippen molar-refractivity contribution in [1.82, 2.24) is 9.97 Å². The van der Waals surface area contributed by atoms with Crippen molar-refractivity contribution >= 4 is 11.6 Å². The SMILES string of the molecule is CCC(CC)Nc1nc(C2CC2)nc(NN)c1C. The second-order valence-corrected chi connectivity index (χ2v) is 4.98. The fourth-order valence-corrected chi connectivity index (χ4v) is 2.03. The topological polar surface area (TPSA) is 75.9 Å². The second-order valence-electron chi connectivity index (χ2n) is 4.98. The molecule has 5 heteroatoms. The van der Waals surface area contributed by atoms with Crippen LogP contribution in [0.15, 0.2) is 0 Å². The fraction of sp³-hybridized carbons (Fsp3) is 0.692. The van der Waals surface area contributed by atoms with Gasteiger partial charge in [-0.25, -0.2) is 15.8 Å². The Morgan fingerprint density at radius 3 is 2.33 bits per heavy atom. The van der Waals surface area contributed by atoms with Gasteiger partial charge < -0.3 is 10.7 Å². The van der Waals surface area contributed by atoms with Crippen LogP contribution in [-0.2, 0) is 0 Å². The summed E-state index contributed by atoms with van der Waals surface area (Å²) in [7, 11) is 0. The zero-order valence-electron chi connectivity index (χ0n) is 11.5. The standard InChI is InChI=1S/C13H23N5/c1-4-10(5-2)15-11-8(3)12(18-14)17-13(16-11)9-6-7-9/h9-10H,4-7,14H2,1-3H3,(H2,15,16,17,18). The maximum Gasteiger partial charge on any atom is 0.148 e.